The van der Waals surface area contributed by atoms with Crippen molar-refractivity contribution < 1.29 is 0 Å². The molecule has 0 radical (unpaired) electrons. The Balaban J connectivity index is 1.66. The Morgan fingerprint density at radius 3 is 2.68 bits per heavy atom. The van der Waals surface area contributed by atoms with Gasteiger partial charge in [-0.05, 0) is 55.2 Å². The first-order valence-electron chi connectivity index (χ1n) is 7.81. The van der Waals surface area contributed by atoms with Crippen molar-refractivity contribution in [3.63, 3.8) is 0 Å². The molecule has 1 fully saturated rings. The summed E-state index contributed by atoms with van der Waals surface area (Å²) in [5, 5.41) is 4.26. The first-order valence-corrected chi connectivity index (χ1v) is 8.22. The Kier molecular flexibility index (Phi) is 4.44. The van der Waals surface area contributed by atoms with E-state index in [4.69, 9.17) is 12.2 Å². The fourth-order valence-corrected chi connectivity index (χ4v) is 3.28. The molecule has 1 heterocycles. The van der Waals surface area contributed by atoms with E-state index in [2.05, 4.69) is 72.6 Å². The van der Waals surface area contributed by atoms with Crippen molar-refractivity contribution in [3.05, 3.63) is 65.2 Å². The second-order valence-corrected chi connectivity index (χ2v) is 6.48. The van der Waals surface area contributed by atoms with Crippen LogP contribution in [0.25, 0.3) is 0 Å². The van der Waals surface area contributed by atoms with Gasteiger partial charge in [0.25, 0.3) is 0 Å². The fourth-order valence-electron chi connectivity index (χ4n) is 3.01. The molecule has 3 heteroatoms. The molecular formula is C19H22N2S. The Bertz CT molecular complexity index is 666. The van der Waals surface area contributed by atoms with E-state index in [-0.39, 0.29) is 0 Å². The Hall–Kier alpha value is -1.87. The van der Waals surface area contributed by atoms with Crippen LogP contribution in [0.3, 0.4) is 0 Å². The molecule has 2 nitrogen and oxygen atoms in total. The quantitative estimate of drug-likeness (QED) is 0.823. The van der Waals surface area contributed by atoms with Gasteiger partial charge in [0.2, 0.25) is 0 Å². The zero-order valence-electron chi connectivity index (χ0n) is 13.2. The molecule has 0 aliphatic carbocycles. The van der Waals surface area contributed by atoms with Crippen molar-refractivity contribution in [3.8, 4) is 0 Å². The number of rotatable bonds is 2. The molecular weight excluding hydrogens is 288 g/mol. The molecule has 22 heavy (non-hydrogen) atoms. The smallest absolute Gasteiger partial charge is 0.173 e. The van der Waals surface area contributed by atoms with Gasteiger partial charge < -0.3 is 10.2 Å². The van der Waals surface area contributed by atoms with Crippen molar-refractivity contribution in [2.45, 2.75) is 26.2 Å². The van der Waals surface area contributed by atoms with Gasteiger partial charge in [0.1, 0.15) is 0 Å². The molecule has 2 aromatic rings. The van der Waals surface area contributed by atoms with Crippen LogP contribution in [-0.2, 0) is 0 Å². The highest BCUT2D eigenvalue weighted by atomic mass is 32.1. The molecule has 0 aromatic heterocycles. The van der Waals surface area contributed by atoms with E-state index >= 15 is 0 Å². The molecule has 114 valence electrons. The van der Waals surface area contributed by atoms with E-state index in [0.717, 1.165) is 23.9 Å². The molecule has 3 rings (SSSR count). The lowest BCUT2D eigenvalue weighted by molar-refractivity contribution is 0.518. The van der Waals surface area contributed by atoms with Crippen LogP contribution in [0.4, 0.5) is 5.69 Å². The first-order chi connectivity index (χ1) is 10.6. The number of nitrogens with zero attached hydrogens (tertiary/aromatic N) is 1. The predicted molar refractivity (Wildman–Crippen MR) is 97.5 cm³/mol. The topological polar surface area (TPSA) is 15.3 Å². The number of benzene rings is 2. The van der Waals surface area contributed by atoms with Crippen molar-refractivity contribution in [1.29, 1.82) is 0 Å². The van der Waals surface area contributed by atoms with Gasteiger partial charge in [-0.25, -0.2) is 0 Å². The number of aryl methyl sites for hydroxylation is 2. The summed E-state index contributed by atoms with van der Waals surface area (Å²) in [6.45, 7) is 6.24. The molecule has 0 amide bonds. The lowest BCUT2D eigenvalue weighted by Gasteiger charge is -2.21. The lowest BCUT2D eigenvalue weighted by Crippen LogP contribution is -2.32. The summed E-state index contributed by atoms with van der Waals surface area (Å²) in [4.78, 5) is 2.29. The molecule has 0 saturated carbocycles. The second-order valence-electron chi connectivity index (χ2n) is 6.09. The highest BCUT2D eigenvalue weighted by molar-refractivity contribution is 7.80. The summed E-state index contributed by atoms with van der Waals surface area (Å²) < 4.78 is 0. The molecule has 0 unspecified atom stereocenters. The minimum absolute atomic E-state index is 0.583. The predicted octanol–water partition coefficient (Wildman–Crippen LogP) is 4.49. The zero-order valence-corrected chi connectivity index (χ0v) is 14.0. The average Bonchev–Trinajstić information content (AvgIpc) is 3.02. The number of nitrogens with one attached hydrogen (secondary N) is 1. The van der Waals surface area contributed by atoms with Crippen LogP contribution >= 0.6 is 12.2 Å². The monoisotopic (exact) mass is 310 g/mol. The van der Waals surface area contributed by atoms with Gasteiger partial charge in [-0.2, -0.15) is 0 Å². The van der Waals surface area contributed by atoms with E-state index in [0.29, 0.717) is 5.92 Å². The fraction of sp³-hybridized carbons (Fsp3) is 0.316. The Labute approximate surface area is 138 Å². The highest BCUT2D eigenvalue weighted by Gasteiger charge is 2.25. The Morgan fingerprint density at radius 2 is 1.91 bits per heavy atom. The standard InChI is InChI=1S/C19H22N2S/c1-14-8-9-15(2)18(12-14)20-19(22)21-11-10-17(13-21)16-6-4-3-5-7-16/h3-9,12,17H,10-11,13H2,1-2H3,(H,20,22)/t17-/m0/s1. The SMILES string of the molecule is Cc1ccc(C)c(NC(=S)N2CC[C@H](c3ccccc3)C2)c1. The van der Waals surface area contributed by atoms with Crippen LogP contribution in [0.1, 0.15) is 29.0 Å². The van der Waals surface area contributed by atoms with E-state index in [1.165, 1.54) is 23.1 Å². The van der Waals surface area contributed by atoms with Gasteiger partial charge in [0.05, 0.1) is 0 Å². The van der Waals surface area contributed by atoms with Crippen LogP contribution in [0.5, 0.6) is 0 Å². The number of thiocarbonyl (C=S) groups is 1. The van der Waals surface area contributed by atoms with Crippen molar-refractivity contribution in [2.24, 2.45) is 0 Å². The van der Waals surface area contributed by atoms with Gasteiger partial charge in [0, 0.05) is 24.7 Å². The van der Waals surface area contributed by atoms with Crippen LogP contribution in [0.15, 0.2) is 48.5 Å². The van der Waals surface area contributed by atoms with Gasteiger partial charge in [-0.15, -0.1) is 0 Å². The lowest BCUT2D eigenvalue weighted by atomic mass is 9.99. The molecule has 2 aromatic carbocycles. The van der Waals surface area contributed by atoms with Crippen molar-refractivity contribution in [1.82, 2.24) is 4.90 Å². The molecule has 0 bridgehead atoms. The highest BCUT2D eigenvalue weighted by Crippen LogP contribution is 2.27. The zero-order chi connectivity index (χ0) is 15.5. The van der Waals surface area contributed by atoms with Crippen LogP contribution in [0.2, 0.25) is 0 Å². The van der Waals surface area contributed by atoms with Crippen LogP contribution in [-0.4, -0.2) is 23.1 Å². The largest absolute Gasteiger partial charge is 0.348 e. The average molecular weight is 310 g/mol. The minimum atomic E-state index is 0.583. The number of likely N-dealkylation sites (tertiary alicyclic amines) is 1. The summed E-state index contributed by atoms with van der Waals surface area (Å²) in [5.74, 6) is 0.583. The molecule has 1 aliphatic heterocycles. The number of anilines is 1. The van der Waals surface area contributed by atoms with Crippen LogP contribution in [0, 0.1) is 13.8 Å². The van der Waals surface area contributed by atoms with Gasteiger partial charge in [-0.3, -0.25) is 0 Å². The van der Waals surface area contributed by atoms with E-state index in [1.54, 1.807) is 0 Å². The summed E-state index contributed by atoms with van der Waals surface area (Å²) in [6, 6.07) is 17.2. The van der Waals surface area contributed by atoms with Gasteiger partial charge in [-0.1, -0.05) is 42.5 Å². The molecule has 1 aliphatic rings. The minimum Gasteiger partial charge on any atom is -0.348 e. The molecule has 1 N–H and O–H groups in total. The van der Waals surface area contributed by atoms with Gasteiger partial charge in [0.15, 0.2) is 5.11 Å². The maximum Gasteiger partial charge on any atom is 0.173 e. The molecule has 1 saturated heterocycles. The summed E-state index contributed by atoms with van der Waals surface area (Å²) >= 11 is 5.62. The summed E-state index contributed by atoms with van der Waals surface area (Å²) in [7, 11) is 0. The Morgan fingerprint density at radius 1 is 1.14 bits per heavy atom. The third-order valence-electron chi connectivity index (χ3n) is 4.38. The third-order valence-corrected chi connectivity index (χ3v) is 4.74. The van der Waals surface area contributed by atoms with E-state index in [1.807, 2.05) is 0 Å². The first kappa shape index (κ1) is 15.0. The molecule has 0 spiro atoms. The van der Waals surface area contributed by atoms with E-state index < -0.39 is 0 Å². The second kappa shape index (κ2) is 6.49. The number of hydrogen-bond acceptors (Lipinski definition) is 1. The summed E-state index contributed by atoms with van der Waals surface area (Å²) in [6.07, 6.45) is 1.17. The maximum atomic E-state index is 5.62. The summed E-state index contributed by atoms with van der Waals surface area (Å²) in [5.41, 5.74) is 5.01. The van der Waals surface area contributed by atoms with Crippen molar-refractivity contribution >= 4 is 23.0 Å². The maximum absolute atomic E-state index is 5.62. The van der Waals surface area contributed by atoms with Gasteiger partial charge >= 0.3 is 0 Å². The van der Waals surface area contributed by atoms with Crippen molar-refractivity contribution in [2.75, 3.05) is 18.4 Å². The number of hydrogen-bond donors (Lipinski definition) is 1. The van der Waals surface area contributed by atoms with Crippen LogP contribution < -0.4 is 5.32 Å². The third kappa shape index (κ3) is 3.30. The van der Waals surface area contributed by atoms with E-state index in [9.17, 15) is 0 Å². The normalized spacial score (nSPS) is 17.5. The molecule has 1 atom stereocenters.